The first-order valence-electron chi connectivity index (χ1n) is 4.62. The molecule has 0 spiro atoms. The molecule has 0 aliphatic carbocycles. The van der Waals surface area contributed by atoms with Crippen LogP contribution in [0.5, 0.6) is 0 Å². The standard InChI is InChI=1S/C10H21NO/c1-4-7-10(11(2)3)8-5-6-9-12/h4,7,10,12H,5-6,8-9H2,1-3H3/b7-4-. The molecule has 0 aliphatic heterocycles. The first-order valence-corrected chi connectivity index (χ1v) is 4.62. The van der Waals surface area contributed by atoms with E-state index in [9.17, 15) is 0 Å². The van der Waals surface area contributed by atoms with Gasteiger partial charge in [0.1, 0.15) is 0 Å². The minimum Gasteiger partial charge on any atom is -0.396 e. The zero-order chi connectivity index (χ0) is 9.40. The molecule has 1 unspecified atom stereocenters. The lowest BCUT2D eigenvalue weighted by Crippen LogP contribution is -2.25. The van der Waals surface area contributed by atoms with Gasteiger partial charge in [0.15, 0.2) is 0 Å². The molecule has 12 heavy (non-hydrogen) atoms. The number of likely N-dealkylation sites (N-methyl/N-ethyl adjacent to an activating group) is 1. The van der Waals surface area contributed by atoms with E-state index >= 15 is 0 Å². The van der Waals surface area contributed by atoms with Crippen LogP contribution in [0.3, 0.4) is 0 Å². The van der Waals surface area contributed by atoms with Crippen LogP contribution >= 0.6 is 0 Å². The predicted octanol–water partition coefficient (Wildman–Crippen LogP) is 1.66. The first kappa shape index (κ1) is 11.7. The lowest BCUT2D eigenvalue weighted by molar-refractivity contribution is 0.268. The van der Waals surface area contributed by atoms with Crippen LogP contribution in [0.4, 0.5) is 0 Å². The highest BCUT2D eigenvalue weighted by atomic mass is 16.2. The zero-order valence-corrected chi connectivity index (χ0v) is 8.45. The number of rotatable bonds is 6. The van der Waals surface area contributed by atoms with Gasteiger partial charge in [0, 0.05) is 12.6 Å². The molecule has 0 saturated carbocycles. The third kappa shape index (κ3) is 5.33. The average Bonchev–Trinajstić information content (AvgIpc) is 2.03. The van der Waals surface area contributed by atoms with Crippen molar-refractivity contribution in [3.63, 3.8) is 0 Å². The highest BCUT2D eigenvalue weighted by Gasteiger charge is 2.05. The molecule has 0 aromatic heterocycles. The molecule has 0 fully saturated rings. The van der Waals surface area contributed by atoms with Crippen molar-refractivity contribution in [2.24, 2.45) is 0 Å². The molecule has 0 aliphatic rings. The van der Waals surface area contributed by atoms with Crippen molar-refractivity contribution < 1.29 is 5.11 Å². The van der Waals surface area contributed by atoms with Crippen molar-refractivity contribution in [3.05, 3.63) is 12.2 Å². The van der Waals surface area contributed by atoms with Crippen LogP contribution in [0.15, 0.2) is 12.2 Å². The maximum absolute atomic E-state index is 8.62. The van der Waals surface area contributed by atoms with Crippen molar-refractivity contribution in [2.45, 2.75) is 32.2 Å². The summed E-state index contributed by atoms with van der Waals surface area (Å²) in [4.78, 5) is 2.21. The Kier molecular flexibility index (Phi) is 7.11. The highest BCUT2D eigenvalue weighted by Crippen LogP contribution is 2.06. The fourth-order valence-corrected chi connectivity index (χ4v) is 1.21. The fraction of sp³-hybridized carbons (Fsp3) is 0.800. The van der Waals surface area contributed by atoms with E-state index < -0.39 is 0 Å². The molecule has 1 atom stereocenters. The average molecular weight is 171 g/mol. The molecule has 1 N–H and O–H groups in total. The lowest BCUT2D eigenvalue weighted by Gasteiger charge is -2.20. The maximum Gasteiger partial charge on any atom is 0.0431 e. The normalized spacial score (nSPS) is 14.4. The smallest absolute Gasteiger partial charge is 0.0431 e. The van der Waals surface area contributed by atoms with Gasteiger partial charge in [-0.3, -0.25) is 0 Å². The molecule has 2 nitrogen and oxygen atoms in total. The largest absolute Gasteiger partial charge is 0.396 e. The number of nitrogens with zero attached hydrogens (tertiary/aromatic N) is 1. The van der Waals surface area contributed by atoms with E-state index in [4.69, 9.17) is 5.11 Å². The van der Waals surface area contributed by atoms with E-state index in [-0.39, 0.29) is 0 Å². The number of aliphatic hydroxyl groups is 1. The summed E-state index contributed by atoms with van der Waals surface area (Å²) in [5.41, 5.74) is 0. The van der Waals surface area contributed by atoms with E-state index in [2.05, 4.69) is 31.1 Å². The Morgan fingerprint density at radius 2 is 2.00 bits per heavy atom. The second-order valence-electron chi connectivity index (χ2n) is 3.28. The molecule has 0 heterocycles. The van der Waals surface area contributed by atoms with Crippen LogP contribution in [0.1, 0.15) is 26.2 Å². The van der Waals surface area contributed by atoms with Gasteiger partial charge in [-0.2, -0.15) is 0 Å². The summed E-state index contributed by atoms with van der Waals surface area (Å²) in [6, 6.07) is 0.529. The molecular weight excluding hydrogens is 150 g/mol. The van der Waals surface area contributed by atoms with E-state index in [1.165, 1.54) is 0 Å². The van der Waals surface area contributed by atoms with E-state index in [1.54, 1.807) is 0 Å². The minimum absolute atomic E-state index is 0.315. The molecule has 2 heteroatoms. The molecule has 0 bridgehead atoms. The van der Waals surface area contributed by atoms with Gasteiger partial charge in [0.25, 0.3) is 0 Å². The maximum atomic E-state index is 8.62. The summed E-state index contributed by atoms with van der Waals surface area (Å²) in [6.07, 6.45) is 7.45. The van der Waals surface area contributed by atoms with Gasteiger partial charge in [0.2, 0.25) is 0 Å². The Morgan fingerprint density at radius 1 is 1.33 bits per heavy atom. The van der Waals surface area contributed by atoms with Crippen molar-refractivity contribution in [1.82, 2.24) is 4.90 Å². The molecular formula is C10H21NO. The molecule has 72 valence electrons. The van der Waals surface area contributed by atoms with Crippen molar-refractivity contribution in [3.8, 4) is 0 Å². The summed E-state index contributed by atoms with van der Waals surface area (Å²) in [6.45, 7) is 2.36. The Balaban J connectivity index is 3.64. The van der Waals surface area contributed by atoms with Crippen LogP contribution in [0.2, 0.25) is 0 Å². The second-order valence-corrected chi connectivity index (χ2v) is 3.28. The van der Waals surface area contributed by atoms with Crippen molar-refractivity contribution >= 4 is 0 Å². The summed E-state index contributed by atoms with van der Waals surface area (Å²) in [5, 5.41) is 8.62. The Bertz CT molecular complexity index is 121. The number of allylic oxidation sites excluding steroid dienone is 1. The third-order valence-corrected chi connectivity index (χ3v) is 1.99. The lowest BCUT2D eigenvalue weighted by atomic mass is 10.1. The summed E-state index contributed by atoms with van der Waals surface area (Å²) in [5.74, 6) is 0. The van der Waals surface area contributed by atoms with Gasteiger partial charge in [-0.1, -0.05) is 12.2 Å². The third-order valence-electron chi connectivity index (χ3n) is 1.99. The second kappa shape index (κ2) is 7.32. The number of hydrogen-bond donors (Lipinski definition) is 1. The van der Waals surface area contributed by atoms with Crippen LogP contribution < -0.4 is 0 Å². The zero-order valence-electron chi connectivity index (χ0n) is 8.45. The van der Waals surface area contributed by atoms with Gasteiger partial charge in [0.05, 0.1) is 0 Å². The van der Waals surface area contributed by atoms with Gasteiger partial charge < -0.3 is 10.0 Å². The van der Waals surface area contributed by atoms with E-state index in [0.29, 0.717) is 12.6 Å². The van der Waals surface area contributed by atoms with Crippen LogP contribution in [0.25, 0.3) is 0 Å². The minimum atomic E-state index is 0.315. The topological polar surface area (TPSA) is 23.5 Å². The molecule has 0 aromatic rings. The van der Waals surface area contributed by atoms with Crippen LogP contribution in [0, 0.1) is 0 Å². The quantitative estimate of drug-likeness (QED) is 0.485. The summed E-state index contributed by atoms with van der Waals surface area (Å²) < 4.78 is 0. The van der Waals surface area contributed by atoms with Gasteiger partial charge in [-0.25, -0.2) is 0 Å². The number of aliphatic hydroxyl groups excluding tert-OH is 1. The first-order chi connectivity index (χ1) is 5.72. The fourth-order valence-electron chi connectivity index (χ4n) is 1.21. The molecule has 0 rings (SSSR count). The Hall–Kier alpha value is -0.340. The number of hydrogen-bond acceptors (Lipinski definition) is 2. The molecule has 0 radical (unpaired) electrons. The summed E-state index contributed by atoms with van der Waals surface area (Å²) in [7, 11) is 4.17. The van der Waals surface area contributed by atoms with E-state index in [0.717, 1.165) is 19.3 Å². The van der Waals surface area contributed by atoms with Gasteiger partial charge in [-0.05, 0) is 40.3 Å². The van der Waals surface area contributed by atoms with Gasteiger partial charge in [-0.15, -0.1) is 0 Å². The molecule has 0 aromatic carbocycles. The Labute approximate surface area is 75.9 Å². The van der Waals surface area contributed by atoms with Crippen molar-refractivity contribution in [2.75, 3.05) is 20.7 Å². The van der Waals surface area contributed by atoms with E-state index in [1.807, 2.05) is 6.92 Å². The highest BCUT2D eigenvalue weighted by molar-refractivity contribution is 4.90. The van der Waals surface area contributed by atoms with Crippen LogP contribution in [-0.2, 0) is 0 Å². The van der Waals surface area contributed by atoms with Gasteiger partial charge >= 0.3 is 0 Å². The molecule has 0 saturated heterocycles. The number of unbranched alkanes of at least 4 members (excludes halogenated alkanes) is 1. The summed E-state index contributed by atoms with van der Waals surface area (Å²) >= 11 is 0. The Morgan fingerprint density at radius 3 is 2.42 bits per heavy atom. The van der Waals surface area contributed by atoms with Crippen molar-refractivity contribution in [1.29, 1.82) is 0 Å². The van der Waals surface area contributed by atoms with Crippen LogP contribution in [-0.4, -0.2) is 36.8 Å². The SMILES string of the molecule is C/C=C\C(CCCCO)N(C)C. The predicted molar refractivity (Wildman–Crippen MR) is 53.2 cm³/mol. The molecule has 0 amide bonds. The monoisotopic (exact) mass is 171 g/mol.